The summed E-state index contributed by atoms with van der Waals surface area (Å²) in [6.45, 7) is 4.53. The lowest BCUT2D eigenvalue weighted by Crippen LogP contribution is -2.42. The monoisotopic (exact) mass is 315 g/mol. The fraction of sp³-hybridized carbons (Fsp3) is 0.412. The van der Waals surface area contributed by atoms with E-state index in [1.54, 1.807) is 12.3 Å². The third-order valence-corrected chi connectivity index (χ3v) is 4.16. The van der Waals surface area contributed by atoms with Gasteiger partial charge in [0.25, 0.3) is 5.91 Å². The molecule has 6 nitrogen and oxygen atoms in total. The van der Waals surface area contributed by atoms with Gasteiger partial charge in [-0.15, -0.1) is 0 Å². The maximum Gasteiger partial charge on any atom is 0.256 e. The molecule has 0 bridgehead atoms. The summed E-state index contributed by atoms with van der Waals surface area (Å²) in [7, 11) is 1.84. The number of amides is 1. The Morgan fingerprint density at radius 2 is 2.00 bits per heavy atom. The minimum atomic E-state index is -0.315. The van der Waals surface area contributed by atoms with Gasteiger partial charge >= 0.3 is 0 Å². The molecule has 23 heavy (non-hydrogen) atoms. The molecular weight excluding hydrogens is 294 g/mol. The molecule has 2 heterocycles. The van der Waals surface area contributed by atoms with Gasteiger partial charge in [-0.2, -0.15) is 0 Å². The number of nitrogens with one attached hydrogen (secondary N) is 1. The number of carbonyl (C=O) groups is 1. The number of benzene rings is 1. The Morgan fingerprint density at radius 3 is 2.78 bits per heavy atom. The average molecular weight is 315 g/mol. The molecule has 1 saturated heterocycles. The maximum atomic E-state index is 12.5. The summed E-state index contributed by atoms with van der Waals surface area (Å²) in [4.78, 5) is 27.1. The van der Waals surface area contributed by atoms with Crippen LogP contribution < -0.4 is 10.7 Å². The van der Waals surface area contributed by atoms with E-state index in [2.05, 4.69) is 10.2 Å². The lowest BCUT2D eigenvalue weighted by Gasteiger charge is -2.26. The van der Waals surface area contributed by atoms with Crippen LogP contribution in [0.5, 0.6) is 0 Å². The number of carbonyl (C=O) groups excluding carboxylic acids is 1. The number of hydrogen-bond donors (Lipinski definition) is 1. The average Bonchev–Trinajstić information content (AvgIpc) is 2.59. The Morgan fingerprint density at radius 1 is 1.26 bits per heavy atom. The van der Waals surface area contributed by atoms with Gasteiger partial charge in [0.05, 0.1) is 18.7 Å². The summed E-state index contributed by atoms with van der Waals surface area (Å²) < 4.78 is 7.11. The summed E-state index contributed by atoms with van der Waals surface area (Å²) in [6.07, 6.45) is 1.61. The largest absolute Gasteiger partial charge is 0.379 e. The number of morpholine rings is 1. The zero-order chi connectivity index (χ0) is 16.2. The van der Waals surface area contributed by atoms with Crippen LogP contribution in [0.4, 0.5) is 0 Å². The molecule has 0 radical (unpaired) electrons. The summed E-state index contributed by atoms with van der Waals surface area (Å²) in [5.41, 5.74) is 0.790. The highest BCUT2D eigenvalue weighted by molar-refractivity contribution is 5.97. The summed E-state index contributed by atoms with van der Waals surface area (Å²) in [5, 5.41) is 3.41. The lowest BCUT2D eigenvalue weighted by atomic mass is 10.1. The normalized spacial score (nSPS) is 15.7. The number of pyridine rings is 1. The molecule has 0 saturated carbocycles. The van der Waals surface area contributed by atoms with E-state index in [1.165, 1.54) is 0 Å². The first-order valence-corrected chi connectivity index (χ1v) is 7.83. The smallest absolute Gasteiger partial charge is 0.256 e. The van der Waals surface area contributed by atoms with Gasteiger partial charge in [0.15, 0.2) is 0 Å². The van der Waals surface area contributed by atoms with E-state index >= 15 is 0 Å². The highest BCUT2D eigenvalue weighted by Gasteiger charge is 2.15. The van der Waals surface area contributed by atoms with E-state index in [-0.39, 0.29) is 16.9 Å². The van der Waals surface area contributed by atoms with Gasteiger partial charge in [-0.25, -0.2) is 0 Å². The van der Waals surface area contributed by atoms with Crippen LogP contribution in [-0.2, 0) is 11.8 Å². The fourth-order valence-electron chi connectivity index (χ4n) is 2.85. The van der Waals surface area contributed by atoms with Crippen LogP contribution in [0.25, 0.3) is 10.9 Å². The van der Waals surface area contributed by atoms with Crippen LogP contribution in [0.1, 0.15) is 10.4 Å². The number of nitrogens with zero attached hydrogens (tertiary/aromatic N) is 2. The molecule has 2 aromatic rings. The first kappa shape index (κ1) is 15.7. The molecule has 3 rings (SSSR count). The van der Waals surface area contributed by atoms with Crippen molar-refractivity contribution in [2.75, 3.05) is 39.4 Å². The van der Waals surface area contributed by atoms with Crippen LogP contribution in [0.15, 0.2) is 35.3 Å². The summed E-state index contributed by atoms with van der Waals surface area (Å²) in [5.74, 6) is -0.315. The number of rotatable bonds is 4. The zero-order valence-corrected chi connectivity index (χ0v) is 13.2. The van der Waals surface area contributed by atoms with Crippen LogP contribution in [-0.4, -0.2) is 54.8 Å². The van der Waals surface area contributed by atoms with Gasteiger partial charge in [0.2, 0.25) is 5.43 Å². The molecule has 1 aromatic heterocycles. The number of hydrogen-bond acceptors (Lipinski definition) is 4. The third-order valence-electron chi connectivity index (χ3n) is 4.16. The quantitative estimate of drug-likeness (QED) is 0.897. The lowest BCUT2D eigenvalue weighted by molar-refractivity contribution is 0.0383. The zero-order valence-electron chi connectivity index (χ0n) is 13.2. The second-order valence-electron chi connectivity index (χ2n) is 5.71. The van der Waals surface area contributed by atoms with Gasteiger partial charge in [0, 0.05) is 44.8 Å². The molecule has 0 unspecified atom stereocenters. The molecule has 1 fully saturated rings. The number of ether oxygens (including phenoxy) is 1. The van der Waals surface area contributed by atoms with Crippen LogP contribution in [0, 0.1) is 0 Å². The molecule has 0 spiro atoms. The minimum absolute atomic E-state index is 0.188. The molecule has 1 aliphatic heterocycles. The SMILES string of the molecule is Cn1cc(C(=O)NCCN2CCOCC2)c(=O)c2ccccc21. The van der Waals surface area contributed by atoms with E-state index in [4.69, 9.17) is 4.74 Å². The van der Waals surface area contributed by atoms with E-state index in [0.717, 1.165) is 38.4 Å². The predicted octanol–water partition coefficient (Wildman–Crippen LogP) is 0.601. The number of fused-ring (bicyclic) bond motifs is 1. The van der Waals surface area contributed by atoms with Crippen molar-refractivity contribution in [1.82, 2.24) is 14.8 Å². The molecule has 122 valence electrons. The van der Waals surface area contributed by atoms with Crippen LogP contribution in [0.3, 0.4) is 0 Å². The number of aryl methyl sites for hydroxylation is 1. The Kier molecular flexibility index (Phi) is 4.73. The molecule has 6 heteroatoms. The molecule has 1 aromatic carbocycles. The van der Waals surface area contributed by atoms with E-state index in [9.17, 15) is 9.59 Å². The Labute approximate surface area is 134 Å². The first-order chi connectivity index (χ1) is 11.2. The standard InChI is InChI=1S/C17H21N3O3/c1-19-12-14(16(21)13-4-2-3-5-15(13)19)17(22)18-6-7-20-8-10-23-11-9-20/h2-5,12H,6-11H2,1H3,(H,18,22). The van der Waals surface area contributed by atoms with Crippen LogP contribution in [0.2, 0.25) is 0 Å². The van der Waals surface area contributed by atoms with Gasteiger partial charge in [0.1, 0.15) is 5.56 Å². The van der Waals surface area contributed by atoms with Crippen molar-refractivity contribution in [3.63, 3.8) is 0 Å². The van der Waals surface area contributed by atoms with Crippen molar-refractivity contribution in [2.24, 2.45) is 7.05 Å². The Hall–Kier alpha value is -2.18. The van der Waals surface area contributed by atoms with Crippen molar-refractivity contribution < 1.29 is 9.53 Å². The number of aromatic nitrogens is 1. The summed E-state index contributed by atoms with van der Waals surface area (Å²) >= 11 is 0. The van der Waals surface area contributed by atoms with Crippen molar-refractivity contribution in [1.29, 1.82) is 0 Å². The van der Waals surface area contributed by atoms with Crippen molar-refractivity contribution in [3.8, 4) is 0 Å². The molecule has 0 atom stereocenters. The summed E-state index contributed by atoms with van der Waals surface area (Å²) in [6, 6.07) is 7.31. The highest BCUT2D eigenvalue weighted by atomic mass is 16.5. The second kappa shape index (κ2) is 6.93. The maximum absolute atomic E-state index is 12.5. The molecule has 1 aliphatic rings. The topological polar surface area (TPSA) is 63.6 Å². The third kappa shape index (κ3) is 3.43. The van der Waals surface area contributed by atoms with Crippen molar-refractivity contribution in [2.45, 2.75) is 0 Å². The van der Waals surface area contributed by atoms with Crippen molar-refractivity contribution in [3.05, 3.63) is 46.2 Å². The Bertz CT molecular complexity index is 763. The van der Waals surface area contributed by atoms with Crippen molar-refractivity contribution >= 4 is 16.8 Å². The molecule has 1 N–H and O–H groups in total. The second-order valence-corrected chi connectivity index (χ2v) is 5.71. The van der Waals surface area contributed by atoms with Crippen LogP contribution >= 0.6 is 0 Å². The van der Waals surface area contributed by atoms with Gasteiger partial charge in [-0.1, -0.05) is 12.1 Å². The van der Waals surface area contributed by atoms with E-state index < -0.39 is 0 Å². The van der Waals surface area contributed by atoms with Gasteiger partial charge < -0.3 is 14.6 Å². The highest BCUT2D eigenvalue weighted by Crippen LogP contribution is 2.10. The molecular formula is C17H21N3O3. The molecule has 1 amide bonds. The Balaban J connectivity index is 1.71. The number of para-hydroxylation sites is 1. The fourth-order valence-corrected chi connectivity index (χ4v) is 2.85. The predicted molar refractivity (Wildman–Crippen MR) is 88.8 cm³/mol. The molecule has 0 aliphatic carbocycles. The van der Waals surface area contributed by atoms with Gasteiger partial charge in [-0.3, -0.25) is 14.5 Å². The van der Waals surface area contributed by atoms with Gasteiger partial charge in [-0.05, 0) is 12.1 Å². The minimum Gasteiger partial charge on any atom is -0.379 e. The van der Waals surface area contributed by atoms with E-state index in [1.807, 2.05) is 29.8 Å². The first-order valence-electron chi connectivity index (χ1n) is 7.83. The van der Waals surface area contributed by atoms with E-state index in [0.29, 0.717) is 11.9 Å².